The molecule has 13 heteroatoms. The fourth-order valence-corrected chi connectivity index (χ4v) is 6.85. The molecule has 0 aliphatic carbocycles. The first-order valence-electron chi connectivity index (χ1n) is 14.3. The molecule has 0 unspecified atom stereocenters. The zero-order valence-electron chi connectivity index (χ0n) is 25.6. The average molecular weight is 651 g/mol. The normalized spacial score (nSPS) is 16.0. The van der Waals surface area contributed by atoms with Crippen LogP contribution in [-0.2, 0) is 26.2 Å². The number of halogens is 1. The van der Waals surface area contributed by atoms with Gasteiger partial charge in [0.1, 0.15) is 0 Å². The summed E-state index contributed by atoms with van der Waals surface area (Å²) in [5.41, 5.74) is 3.58. The van der Waals surface area contributed by atoms with Gasteiger partial charge in [-0.2, -0.15) is 0 Å². The number of carbonyl (C=O) groups excluding carboxylic acids is 3. The van der Waals surface area contributed by atoms with Crippen LogP contribution in [0.1, 0.15) is 32.9 Å². The number of sulfonamides is 1. The summed E-state index contributed by atoms with van der Waals surface area (Å²) in [4.78, 5) is 48.0. The Labute approximate surface area is 267 Å². The maximum atomic E-state index is 13.8. The molecule has 236 valence electrons. The first kappa shape index (κ1) is 32.0. The Bertz CT molecular complexity index is 1840. The van der Waals surface area contributed by atoms with Gasteiger partial charge in [-0.15, -0.1) is 0 Å². The number of amides is 3. The number of nitrogens with one attached hydrogen (secondary N) is 2. The van der Waals surface area contributed by atoms with E-state index in [1.807, 2.05) is 7.05 Å². The van der Waals surface area contributed by atoms with Gasteiger partial charge in [-0.05, 0) is 68.1 Å². The van der Waals surface area contributed by atoms with Crippen molar-refractivity contribution in [3.63, 3.8) is 0 Å². The van der Waals surface area contributed by atoms with Gasteiger partial charge >= 0.3 is 0 Å². The molecule has 2 aromatic carbocycles. The fourth-order valence-electron chi connectivity index (χ4n) is 5.45. The van der Waals surface area contributed by atoms with Crippen LogP contribution < -0.4 is 9.62 Å². The highest BCUT2D eigenvalue weighted by Gasteiger charge is 2.31. The van der Waals surface area contributed by atoms with Gasteiger partial charge in [0.25, 0.3) is 21.8 Å². The number of benzene rings is 2. The SMILES string of the molecule is C=CC(=O)N(C)Cc1[nH]c(C=C2C(=O)Nc3ccc(S(=O)(=O)N(C)c4cccc(Cl)c4)cc32)c(C)c1C(=O)N1CCN(C)CC1. The number of aromatic amines is 1. The summed E-state index contributed by atoms with van der Waals surface area (Å²) in [6, 6.07) is 11.0. The molecule has 2 N–H and O–H groups in total. The number of aromatic nitrogens is 1. The summed E-state index contributed by atoms with van der Waals surface area (Å²) < 4.78 is 28.3. The van der Waals surface area contributed by atoms with Crippen molar-refractivity contribution in [1.82, 2.24) is 19.7 Å². The number of fused-ring (bicyclic) bond motifs is 1. The van der Waals surface area contributed by atoms with Gasteiger partial charge in [0.15, 0.2) is 0 Å². The summed E-state index contributed by atoms with van der Waals surface area (Å²) in [5.74, 6) is -0.880. The number of H-pyrrole nitrogens is 1. The van der Waals surface area contributed by atoms with E-state index in [9.17, 15) is 22.8 Å². The molecule has 1 fully saturated rings. The number of carbonyl (C=O) groups is 3. The Hall–Kier alpha value is -4.39. The smallest absolute Gasteiger partial charge is 0.264 e. The molecule has 3 aromatic rings. The largest absolute Gasteiger partial charge is 0.357 e. The number of hydrogen-bond acceptors (Lipinski definition) is 6. The van der Waals surface area contributed by atoms with E-state index in [1.165, 1.54) is 30.2 Å². The van der Waals surface area contributed by atoms with Crippen molar-refractivity contribution < 1.29 is 22.8 Å². The molecule has 45 heavy (non-hydrogen) atoms. The molecule has 1 aromatic heterocycles. The lowest BCUT2D eigenvalue weighted by molar-refractivity contribution is -0.125. The second-order valence-corrected chi connectivity index (χ2v) is 13.6. The molecule has 1 saturated heterocycles. The minimum Gasteiger partial charge on any atom is -0.357 e. The van der Waals surface area contributed by atoms with E-state index in [1.54, 1.807) is 55.3 Å². The highest BCUT2D eigenvalue weighted by Crippen LogP contribution is 2.37. The third-order valence-electron chi connectivity index (χ3n) is 8.21. The molecule has 2 aliphatic heterocycles. The van der Waals surface area contributed by atoms with E-state index in [0.29, 0.717) is 57.6 Å². The number of piperazine rings is 1. The van der Waals surface area contributed by atoms with Gasteiger partial charge < -0.3 is 25.0 Å². The number of anilines is 2. The molecule has 0 saturated carbocycles. The molecule has 5 rings (SSSR count). The van der Waals surface area contributed by atoms with Crippen molar-refractivity contribution in [2.75, 3.05) is 56.9 Å². The minimum absolute atomic E-state index is 0.00878. The summed E-state index contributed by atoms with van der Waals surface area (Å²) >= 11 is 6.09. The van der Waals surface area contributed by atoms with Crippen molar-refractivity contribution in [2.24, 2.45) is 0 Å². The monoisotopic (exact) mass is 650 g/mol. The molecule has 3 heterocycles. The van der Waals surface area contributed by atoms with Crippen LogP contribution in [-0.4, -0.2) is 93.1 Å². The summed E-state index contributed by atoms with van der Waals surface area (Å²) in [5, 5.41) is 3.20. The van der Waals surface area contributed by atoms with Gasteiger partial charge in [-0.3, -0.25) is 18.7 Å². The summed E-state index contributed by atoms with van der Waals surface area (Å²) in [6.07, 6.45) is 2.82. The van der Waals surface area contributed by atoms with Gasteiger partial charge in [-0.1, -0.05) is 24.2 Å². The van der Waals surface area contributed by atoms with E-state index in [2.05, 4.69) is 21.8 Å². The van der Waals surface area contributed by atoms with Crippen molar-refractivity contribution in [1.29, 1.82) is 0 Å². The maximum absolute atomic E-state index is 13.8. The maximum Gasteiger partial charge on any atom is 0.264 e. The van der Waals surface area contributed by atoms with Crippen LogP contribution in [0.4, 0.5) is 11.4 Å². The molecule has 0 atom stereocenters. The van der Waals surface area contributed by atoms with Crippen LogP contribution >= 0.6 is 11.6 Å². The Kier molecular flexibility index (Phi) is 8.92. The van der Waals surface area contributed by atoms with Crippen molar-refractivity contribution in [3.05, 3.63) is 88.2 Å². The molecule has 0 radical (unpaired) electrons. The van der Waals surface area contributed by atoms with Crippen LogP contribution in [0, 0.1) is 6.92 Å². The molecule has 11 nitrogen and oxygen atoms in total. The molecule has 2 aliphatic rings. The summed E-state index contributed by atoms with van der Waals surface area (Å²) in [6.45, 7) is 8.07. The van der Waals surface area contributed by atoms with E-state index >= 15 is 0 Å². The number of rotatable bonds is 8. The number of likely N-dealkylation sites (N-methyl/N-ethyl adjacent to an activating group) is 2. The first-order valence-corrected chi connectivity index (χ1v) is 16.1. The zero-order chi connectivity index (χ0) is 32.6. The third-order valence-corrected chi connectivity index (χ3v) is 10.2. The molecule has 3 amide bonds. The van der Waals surface area contributed by atoms with Gasteiger partial charge in [-0.25, -0.2) is 8.42 Å². The van der Waals surface area contributed by atoms with E-state index in [4.69, 9.17) is 11.6 Å². The van der Waals surface area contributed by atoms with Crippen molar-refractivity contribution in [3.8, 4) is 0 Å². The Balaban J connectivity index is 1.55. The van der Waals surface area contributed by atoms with Crippen LogP contribution in [0.3, 0.4) is 0 Å². The number of hydrogen-bond donors (Lipinski definition) is 2. The third kappa shape index (κ3) is 6.26. The molecular formula is C32H35ClN6O5S. The predicted molar refractivity (Wildman–Crippen MR) is 176 cm³/mol. The van der Waals surface area contributed by atoms with Crippen LogP contribution in [0.5, 0.6) is 0 Å². The van der Waals surface area contributed by atoms with E-state index in [0.717, 1.165) is 17.4 Å². The van der Waals surface area contributed by atoms with Gasteiger partial charge in [0.2, 0.25) is 5.91 Å². The van der Waals surface area contributed by atoms with Crippen molar-refractivity contribution in [2.45, 2.75) is 18.4 Å². The van der Waals surface area contributed by atoms with E-state index in [-0.39, 0.29) is 28.8 Å². The molecule has 0 bridgehead atoms. The Morgan fingerprint density at radius 2 is 1.80 bits per heavy atom. The fraction of sp³-hybridized carbons (Fsp3) is 0.281. The standard InChI is InChI=1S/C32H35ClN6O5S/c1-6-29(40)37(4)19-28-30(32(42)39-14-12-36(3)13-15-39)20(2)27(34-28)18-25-24-17-23(10-11-26(24)35-31(25)41)45(43,44)38(5)22-9-7-8-21(33)16-22/h6-11,16-18,34H,1,12-15,19H2,2-5H3,(H,35,41). The van der Waals surface area contributed by atoms with Crippen LogP contribution in [0.15, 0.2) is 60.0 Å². The second kappa shape index (κ2) is 12.5. The molecule has 0 spiro atoms. The van der Waals surface area contributed by atoms with Crippen molar-refractivity contribution >= 4 is 62.4 Å². The lowest BCUT2D eigenvalue weighted by Crippen LogP contribution is -2.47. The minimum atomic E-state index is -4.01. The first-order chi connectivity index (χ1) is 21.3. The molecular weight excluding hydrogens is 616 g/mol. The van der Waals surface area contributed by atoms with Gasteiger partial charge in [0.05, 0.1) is 28.3 Å². The predicted octanol–water partition coefficient (Wildman–Crippen LogP) is 3.83. The Morgan fingerprint density at radius 1 is 1.09 bits per heavy atom. The quantitative estimate of drug-likeness (QED) is 0.357. The zero-order valence-corrected chi connectivity index (χ0v) is 27.1. The highest BCUT2D eigenvalue weighted by atomic mass is 35.5. The summed E-state index contributed by atoms with van der Waals surface area (Å²) in [7, 11) is 1.05. The topological polar surface area (TPSA) is 126 Å². The lowest BCUT2D eigenvalue weighted by atomic mass is 10.0. The second-order valence-electron chi connectivity index (χ2n) is 11.2. The van der Waals surface area contributed by atoms with Gasteiger partial charge in [0, 0.05) is 67.9 Å². The number of nitrogens with zero attached hydrogens (tertiary/aromatic N) is 4. The van der Waals surface area contributed by atoms with Crippen LogP contribution in [0.25, 0.3) is 11.6 Å². The average Bonchev–Trinajstić information content (AvgIpc) is 3.50. The van der Waals surface area contributed by atoms with E-state index < -0.39 is 15.9 Å². The van der Waals surface area contributed by atoms with Crippen LogP contribution in [0.2, 0.25) is 5.02 Å². The Morgan fingerprint density at radius 3 is 2.47 bits per heavy atom. The lowest BCUT2D eigenvalue weighted by Gasteiger charge is -2.32. The highest BCUT2D eigenvalue weighted by molar-refractivity contribution is 7.92.